The number of carbonyl (C=O) groups excluding carboxylic acids is 1. The Morgan fingerprint density at radius 3 is 2.88 bits per heavy atom. The van der Waals surface area contributed by atoms with Crippen molar-refractivity contribution in [3.63, 3.8) is 0 Å². The Morgan fingerprint density at radius 2 is 2.08 bits per heavy atom. The van der Waals surface area contributed by atoms with Crippen LogP contribution in [-0.2, 0) is 6.42 Å². The van der Waals surface area contributed by atoms with Gasteiger partial charge in [0, 0.05) is 29.5 Å². The van der Waals surface area contributed by atoms with E-state index in [4.69, 9.17) is 11.6 Å². The summed E-state index contributed by atoms with van der Waals surface area (Å²) in [5.41, 5.74) is 3.08. The summed E-state index contributed by atoms with van der Waals surface area (Å²) in [6.45, 7) is 2.46. The Bertz CT molecular complexity index is 865. The lowest BCUT2D eigenvalue weighted by Crippen LogP contribution is -2.25. The highest BCUT2D eigenvalue weighted by molar-refractivity contribution is 6.35. The number of aromatic nitrogens is 2. The Kier molecular flexibility index (Phi) is 5.06. The average Bonchev–Trinajstić information content (AvgIpc) is 2.59. The zero-order chi connectivity index (χ0) is 16.9. The van der Waals surface area contributed by atoms with Crippen molar-refractivity contribution >= 4 is 28.4 Å². The fraction of sp³-hybridized carbons (Fsp3) is 0.211. The molecule has 3 rings (SSSR count). The van der Waals surface area contributed by atoms with Crippen LogP contribution in [0.4, 0.5) is 0 Å². The van der Waals surface area contributed by atoms with Crippen molar-refractivity contribution in [3.05, 3.63) is 70.6 Å². The van der Waals surface area contributed by atoms with Crippen LogP contribution in [-0.4, -0.2) is 22.4 Å². The van der Waals surface area contributed by atoms with E-state index in [0.29, 0.717) is 22.6 Å². The van der Waals surface area contributed by atoms with Gasteiger partial charge in [-0.2, -0.15) is 0 Å². The molecule has 1 aromatic carbocycles. The summed E-state index contributed by atoms with van der Waals surface area (Å²) in [4.78, 5) is 21.3. The summed E-state index contributed by atoms with van der Waals surface area (Å²) in [5.74, 6) is -0.103. The lowest BCUT2D eigenvalue weighted by molar-refractivity contribution is 0.0954. The predicted molar refractivity (Wildman–Crippen MR) is 96.4 cm³/mol. The van der Waals surface area contributed by atoms with Gasteiger partial charge in [0.05, 0.1) is 16.1 Å². The molecule has 0 atom stereocenters. The van der Waals surface area contributed by atoms with Crippen molar-refractivity contribution in [2.24, 2.45) is 0 Å². The van der Waals surface area contributed by atoms with Crippen LogP contribution in [0.1, 0.15) is 28.2 Å². The quantitative estimate of drug-likeness (QED) is 0.716. The first-order valence-corrected chi connectivity index (χ1v) is 8.27. The molecule has 4 nitrogen and oxygen atoms in total. The summed E-state index contributed by atoms with van der Waals surface area (Å²) in [6, 6.07) is 13.1. The highest BCUT2D eigenvalue weighted by Gasteiger charge is 2.13. The van der Waals surface area contributed by atoms with Crippen LogP contribution < -0.4 is 5.32 Å². The van der Waals surface area contributed by atoms with Gasteiger partial charge in [0.1, 0.15) is 0 Å². The molecule has 24 heavy (non-hydrogen) atoms. The number of fused-ring (bicyclic) bond motifs is 1. The topological polar surface area (TPSA) is 54.9 Å². The van der Waals surface area contributed by atoms with Gasteiger partial charge in [0.25, 0.3) is 5.91 Å². The molecule has 0 bridgehead atoms. The predicted octanol–water partition coefficient (Wildman–Crippen LogP) is 3.95. The van der Waals surface area contributed by atoms with Crippen molar-refractivity contribution in [1.29, 1.82) is 0 Å². The number of pyridine rings is 2. The van der Waals surface area contributed by atoms with Crippen LogP contribution >= 0.6 is 11.6 Å². The number of para-hydroxylation sites is 1. The number of rotatable bonds is 5. The maximum Gasteiger partial charge on any atom is 0.252 e. The van der Waals surface area contributed by atoms with Gasteiger partial charge in [-0.25, -0.2) is 0 Å². The Hall–Kier alpha value is -2.46. The van der Waals surface area contributed by atoms with Crippen molar-refractivity contribution < 1.29 is 4.79 Å². The van der Waals surface area contributed by atoms with E-state index in [9.17, 15) is 4.79 Å². The third kappa shape index (κ3) is 3.71. The third-order valence-corrected chi connectivity index (χ3v) is 4.09. The minimum Gasteiger partial charge on any atom is -0.352 e. The molecule has 122 valence electrons. The fourth-order valence-corrected chi connectivity index (χ4v) is 2.86. The number of aryl methyl sites for hydroxylation is 2. The van der Waals surface area contributed by atoms with Crippen molar-refractivity contribution in [2.45, 2.75) is 19.8 Å². The second-order valence-corrected chi connectivity index (χ2v) is 6.03. The number of amides is 1. The first kappa shape index (κ1) is 16.4. The zero-order valence-electron chi connectivity index (χ0n) is 13.4. The van der Waals surface area contributed by atoms with E-state index in [0.717, 1.165) is 29.6 Å². The van der Waals surface area contributed by atoms with Gasteiger partial charge >= 0.3 is 0 Å². The largest absolute Gasteiger partial charge is 0.352 e. The van der Waals surface area contributed by atoms with Gasteiger partial charge in [-0.1, -0.05) is 29.8 Å². The third-order valence-electron chi connectivity index (χ3n) is 3.78. The van der Waals surface area contributed by atoms with Crippen LogP contribution in [0.2, 0.25) is 5.02 Å². The Labute approximate surface area is 145 Å². The summed E-state index contributed by atoms with van der Waals surface area (Å²) < 4.78 is 0. The molecule has 0 unspecified atom stereocenters. The monoisotopic (exact) mass is 339 g/mol. The number of nitrogens with one attached hydrogen (secondary N) is 1. The molecule has 1 amide bonds. The smallest absolute Gasteiger partial charge is 0.252 e. The van der Waals surface area contributed by atoms with E-state index >= 15 is 0 Å². The summed E-state index contributed by atoms with van der Waals surface area (Å²) in [6.07, 6.45) is 3.46. The van der Waals surface area contributed by atoms with E-state index in [2.05, 4.69) is 15.3 Å². The second kappa shape index (κ2) is 7.41. The molecule has 0 radical (unpaired) electrons. The van der Waals surface area contributed by atoms with E-state index in [1.165, 1.54) is 0 Å². The van der Waals surface area contributed by atoms with Crippen LogP contribution in [0.25, 0.3) is 10.9 Å². The average molecular weight is 340 g/mol. The van der Waals surface area contributed by atoms with Crippen LogP contribution in [0, 0.1) is 6.92 Å². The van der Waals surface area contributed by atoms with Crippen LogP contribution in [0.5, 0.6) is 0 Å². The number of hydrogen-bond acceptors (Lipinski definition) is 3. The first-order valence-electron chi connectivity index (χ1n) is 7.89. The maximum atomic E-state index is 12.5. The molecule has 0 saturated carbocycles. The summed E-state index contributed by atoms with van der Waals surface area (Å²) in [5, 5.41) is 4.30. The number of nitrogens with zero attached hydrogens (tertiary/aromatic N) is 2. The van der Waals surface area contributed by atoms with Gasteiger partial charge in [0.2, 0.25) is 0 Å². The molecule has 3 aromatic rings. The van der Waals surface area contributed by atoms with Crippen LogP contribution in [0.3, 0.4) is 0 Å². The molecular formula is C19H18ClN3O. The number of carbonyl (C=O) groups is 1. The van der Waals surface area contributed by atoms with Crippen LogP contribution in [0.15, 0.2) is 48.7 Å². The number of halogens is 1. The lowest BCUT2D eigenvalue weighted by atomic mass is 10.1. The van der Waals surface area contributed by atoms with Gasteiger partial charge in [-0.3, -0.25) is 14.8 Å². The molecule has 0 spiro atoms. The second-order valence-electron chi connectivity index (χ2n) is 5.63. The molecule has 0 saturated heterocycles. The molecule has 2 heterocycles. The molecule has 0 aliphatic carbocycles. The zero-order valence-corrected chi connectivity index (χ0v) is 14.2. The normalized spacial score (nSPS) is 10.8. The van der Waals surface area contributed by atoms with Gasteiger partial charge in [-0.15, -0.1) is 0 Å². The molecule has 5 heteroatoms. The van der Waals surface area contributed by atoms with E-state index < -0.39 is 0 Å². The Balaban J connectivity index is 1.69. The molecule has 2 aromatic heterocycles. The lowest BCUT2D eigenvalue weighted by Gasteiger charge is -2.10. The number of benzene rings is 1. The highest BCUT2D eigenvalue weighted by atomic mass is 35.5. The summed E-state index contributed by atoms with van der Waals surface area (Å²) in [7, 11) is 0. The molecule has 0 fully saturated rings. The SMILES string of the molecule is Cc1cc(C(=O)NCCCc2ccccn2)c2cccc(Cl)c2n1. The minimum absolute atomic E-state index is 0.103. The highest BCUT2D eigenvalue weighted by Crippen LogP contribution is 2.25. The molecule has 0 aliphatic rings. The van der Waals surface area contributed by atoms with Crippen molar-refractivity contribution in [1.82, 2.24) is 15.3 Å². The van der Waals surface area contributed by atoms with Gasteiger partial charge < -0.3 is 5.32 Å². The number of hydrogen-bond donors (Lipinski definition) is 1. The van der Waals surface area contributed by atoms with Crippen molar-refractivity contribution in [3.8, 4) is 0 Å². The van der Waals surface area contributed by atoms with E-state index in [-0.39, 0.29) is 5.91 Å². The fourth-order valence-electron chi connectivity index (χ4n) is 2.64. The molecule has 0 aliphatic heterocycles. The van der Waals surface area contributed by atoms with E-state index in [1.807, 2.05) is 37.3 Å². The van der Waals surface area contributed by atoms with Gasteiger partial charge in [0.15, 0.2) is 0 Å². The first-order chi connectivity index (χ1) is 11.6. The standard InChI is InChI=1S/C19H18ClN3O/c1-13-12-16(15-8-4-9-17(20)18(15)23-13)19(24)22-11-5-7-14-6-2-3-10-21-14/h2-4,6,8-10,12H,5,7,11H2,1H3,(H,22,24). The maximum absolute atomic E-state index is 12.5. The van der Waals surface area contributed by atoms with Crippen molar-refractivity contribution in [2.75, 3.05) is 6.54 Å². The van der Waals surface area contributed by atoms with Gasteiger partial charge in [-0.05, 0) is 44.0 Å². The Morgan fingerprint density at radius 1 is 1.21 bits per heavy atom. The van der Waals surface area contributed by atoms with E-state index in [1.54, 1.807) is 18.3 Å². The molecular weight excluding hydrogens is 322 g/mol. The summed E-state index contributed by atoms with van der Waals surface area (Å²) >= 11 is 6.20. The minimum atomic E-state index is -0.103. The molecule has 1 N–H and O–H groups in total.